The van der Waals surface area contributed by atoms with Crippen molar-refractivity contribution in [1.82, 2.24) is 9.36 Å². The molecule has 40 heavy (non-hydrogen) atoms. The summed E-state index contributed by atoms with van der Waals surface area (Å²) in [6.45, 7) is 0.894. The van der Waals surface area contributed by atoms with Gasteiger partial charge in [0.2, 0.25) is 0 Å². The van der Waals surface area contributed by atoms with Gasteiger partial charge in [0.1, 0.15) is 10.6 Å². The Morgan fingerprint density at radius 3 is 2.20 bits per heavy atom. The van der Waals surface area contributed by atoms with E-state index in [9.17, 15) is 22.8 Å². The van der Waals surface area contributed by atoms with Crippen molar-refractivity contribution in [1.29, 1.82) is 0 Å². The van der Waals surface area contributed by atoms with Gasteiger partial charge in [-0.1, -0.05) is 64.6 Å². The lowest BCUT2D eigenvalue weighted by Crippen LogP contribution is -2.23. The molecular formula is C26H19Cl4N3O6S. The summed E-state index contributed by atoms with van der Waals surface area (Å²) in [5, 5.41) is -0.249. The van der Waals surface area contributed by atoms with Crippen LogP contribution in [0.1, 0.15) is 26.4 Å². The first kappa shape index (κ1) is 29.7. The Hall–Kier alpha value is -3.28. The van der Waals surface area contributed by atoms with E-state index in [1.54, 1.807) is 44.3 Å². The normalized spacial score (nSPS) is 11.3. The first-order valence-electron chi connectivity index (χ1n) is 11.3. The van der Waals surface area contributed by atoms with Crippen molar-refractivity contribution in [3.05, 3.63) is 108 Å². The highest BCUT2D eigenvalue weighted by Crippen LogP contribution is 2.32. The van der Waals surface area contributed by atoms with Gasteiger partial charge < -0.3 is 4.74 Å². The molecule has 0 unspecified atom stereocenters. The molecule has 0 saturated heterocycles. The number of nitrogens with one attached hydrogen (secondary N) is 1. The van der Waals surface area contributed by atoms with Crippen LogP contribution in [0, 0.1) is 6.92 Å². The van der Waals surface area contributed by atoms with E-state index in [1.807, 2.05) is 0 Å². The van der Waals surface area contributed by atoms with Crippen LogP contribution in [0.2, 0.25) is 20.1 Å². The summed E-state index contributed by atoms with van der Waals surface area (Å²) in [6.07, 6.45) is 0. The zero-order chi connectivity index (χ0) is 29.4. The van der Waals surface area contributed by atoms with Crippen LogP contribution < -0.4 is 10.3 Å². The predicted octanol–water partition coefficient (Wildman–Crippen LogP) is 5.94. The molecule has 4 rings (SSSR count). The summed E-state index contributed by atoms with van der Waals surface area (Å²) < 4.78 is 36.9. The summed E-state index contributed by atoms with van der Waals surface area (Å²) >= 11 is 24.1. The van der Waals surface area contributed by atoms with E-state index in [0.29, 0.717) is 11.4 Å². The molecule has 0 bridgehead atoms. The molecule has 1 heterocycles. The SMILES string of the molecule is Cc1c(NS(=O)(=O)c2cc(C(=O)OCC(=O)c3ccc(Cl)c(Cl)c3)cc(Cl)c2Cl)c(=O)n(-c2ccccc2)n1C. The average molecular weight is 643 g/mol. The average Bonchev–Trinajstić information content (AvgIpc) is 3.12. The topological polar surface area (TPSA) is 116 Å². The number of hydrogen-bond acceptors (Lipinski definition) is 6. The van der Waals surface area contributed by atoms with Gasteiger partial charge in [0, 0.05) is 12.6 Å². The fourth-order valence-electron chi connectivity index (χ4n) is 3.72. The van der Waals surface area contributed by atoms with Crippen LogP contribution in [0.3, 0.4) is 0 Å². The summed E-state index contributed by atoms with van der Waals surface area (Å²) in [5.74, 6) is -1.61. The quantitative estimate of drug-likeness (QED) is 0.188. The Morgan fingerprint density at radius 1 is 0.900 bits per heavy atom. The Morgan fingerprint density at radius 2 is 1.55 bits per heavy atom. The van der Waals surface area contributed by atoms with Crippen molar-refractivity contribution in [3.8, 4) is 5.69 Å². The summed E-state index contributed by atoms with van der Waals surface area (Å²) in [6, 6.07) is 14.8. The highest BCUT2D eigenvalue weighted by Gasteiger charge is 2.27. The van der Waals surface area contributed by atoms with Gasteiger partial charge in [0.15, 0.2) is 12.4 Å². The molecular weight excluding hydrogens is 624 g/mol. The van der Waals surface area contributed by atoms with Crippen LogP contribution in [0.15, 0.2) is 70.4 Å². The summed E-state index contributed by atoms with van der Waals surface area (Å²) in [7, 11) is -2.93. The van der Waals surface area contributed by atoms with E-state index in [4.69, 9.17) is 51.1 Å². The molecule has 9 nitrogen and oxygen atoms in total. The molecule has 0 fully saturated rings. The number of hydrogen-bond donors (Lipinski definition) is 1. The Bertz CT molecular complexity index is 1820. The second kappa shape index (κ2) is 11.7. The number of carbonyl (C=O) groups excluding carboxylic acids is 2. The maximum Gasteiger partial charge on any atom is 0.338 e. The van der Waals surface area contributed by atoms with E-state index in [2.05, 4.69) is 4.72 Å². The number of carbonyl (C=O) groups is 2. The minimum atomic E-state index is -4.53. The fourth-order valence-corrected chi connectivity index (χ4v) is 5.95. The van der Waals surface area contributed by atoms with E-state index in [0.717, 1.165) is 12.1 Å². The lowest BCUT2D eigenvalue weighted by Gasteiger charge is -2.12. The van der Waals surface area contributed by atoms with Crippen LogP contribution in [0.25, 0.3) is 5.69 Å². The van der Waals surface area contributed by atoms with Crippen LogP contribution >= 0.6 is 46.4 Å². The van der Waals surface area contributed by atoms with Crippen LogP contribution in [0.4, 0.5) is 5.69 Å². The van der Waals surface area contributed by atoms with Crippen LogP contribution in [0.5, 0.6) is 0 Å². The zero-order valence-electron chi connectivity index (χ0n) is 20.7. The molecule has 1 aromatic heterocycles. The maximum atomic E-state index is 13.4. The Labute approximate surface area is 248 Å². The van der Waals surface area contributed by atoms with Crippen molar-refractivity contribution in [2.75, 3.05) is 11.3 Å². The molecule has 14 heteroatoms. The standard InChI is InChI=1S/C26H19Cl4N3O6S/c1-14-24(25(35)33(32(14)2)17-6-4-3-5-7-17)31-40(37,38)22-12-16(11-20(29)23(22)30)26(36)39-13-21(34)15-8-9-18(27)19(28)10-15/h3-12,31H,13H2,1-2H3. The number of halogens is 4. The smallest absolute Gasteiger partial charge is 0.338 e. The molecule has 0 aliphatic carbocycles. The lowest BCUT2D eigenvalue weighted by molar-refractivity contribution is 0.0474. The van der Waals surface area contributed by atoms with Gasteiger partial charge in [-0.05, 0) is 49.4 Å². The maximum absolute atomic E-state index is 13.4. The minimum Gasteiger partial charge on any atom is -0.454 e. The highest BCUT2D eigenvalue weighted by molar-refractivity contribution is 7.92. The molecule has 0 saturated carbocycles. The monoisotopic (exact) mass is 641 g/mol. The van der Waals surface area contributed by atoms with Crippen molar-refractivity contribution < 1.29 is 22.7 Å². The number of sulfonamides is 1. The van der Waals surface area contributed by atoms with Gasteiger partial charge in [-0.3, -0.25) is 19.0 Å². The zero-order valence-corrected chi connectivity index (χ0v) is 24.6. The van der Waals surface area contributed by atoms with Crippen molar-refractivity contribution >= 4 is 73.9 Å². The summed E-state index contributed by atoms with van der Waals surface area (Å²) in [4.78, 5) is 37.8. The number of anilines is 1. The number of benzene rings is 3. The third-order valence-electron chi connectivity index (χ3n) is 5.89. The van der Waals surface area contributed by atoms with Crippen LogP contribution in [-0.2, 0) is 21.8 Å². The van der Waals surface area contributed by atoms with Crippen molar-refractivity contribution in [2.45, 2.75) is 11.8 Å². The Kier molecular flexibility index (Phi) is 8.67. The molecule has 208 valence electrons. The van der Waals surface area contributed by atoms with Crippen LogP contribution in [-0.4, -0.2) is 36.1 Å². The number of ketones is 1. The van der Waals surface area contributed by atoms with Gasteiger partial charge in [0.05, 0.1) is 37.0 Å². The largest absolute Gasteiger partial charge is 0.454 e. The van der Waals surface area contributed by atoms with Crippen molar-refractivity contribution in [2.24, 2.45) is 7.05 Å². The molecule has 3 aromatic carbocycles. The molecule has 0 radical (unpaired) electrons. The van der Waals surface area contributed by atoms with Gasteiger partial charge in [-0.2, -0.15) is 0 Å². The number of aromatic nitrogens is 2. The third kappa shape index (κ3) is 5.91. The van der Waals surface area contributed by atoms with Gasteiger partial charge >= 0.3 is 5.97 Å². The predicted molar refractivity (Wildman–Crippen MR) is 154 cm³/mol. The number of nitrogens with zero attached hydrogens (tertiary/aromatic N) is 2. The first-order valence-corrected chi connectivity index (χ1v) is 14.3. The lowest BCUT2D eigenvalue weighted by atomic mass is 10.1. The van der Waals surface area contributed by atoms with E-state index < -0.39 is 38.8 Å². The molecule has 0 atom stereocenters. The molecule has 0 spiro atoms. The number of para-hydroxylation sites is 1. The first-order chi connectivity index (χ1) is 18.8. The number of rotatable bonds is 8. The van der Waals surface area contributed by atoms with E-state index >= 15 is 0 Å². The van der Waals surface area contributed by atoms with E-state index in [1.165, 1.54) is 27.6 Å². The second-order valence-corrected chi connectivity index (χ2v) is 11.7. The molecule has 0 aliphatic heterocycles. The van der Waals surface area contributed by atoms with Gasteiger partial charge in [-0.25, -0.2) is 17.9 Å². The van der Waals surface area contributed by atoms with E-state index in [-0.39, 0.29) is 36.9 Å². The number of ether oxygens (including phenoxy) is 1. The third-order valence-corrected chi connectivity index (χ3v) is 8.91. The van der Waals surface area contributed by atoms with Crippen molar-refractivity contribution in [3.63, 3.8) is 0 Å². The Balaban J connectivity index is 1.62. The van der Waals surface area contributed by atoms with Gasteiger partial charge in [-0.15, -0.1) is 0 Å². The molecule has 0 amide bonds. The second-order valence-electron chi connectivity index (χ2n) is 8.44. The van der Waals surface area contributed by atoms with Gasteiger partial charge in [0.25, 0.3) is 15.6 Å². The number of esters is 1. The molecule has 4 aromatic rings. The number of Topliss-reactive ketones (excluding diaryl/α,β-unsaturated/α-hetero) is 1. The fraction of sp³-hybridized carbons (Fsp3) is 0.115. The molecule has 0 aliphatic rings. The summed E-state index contributed by atoms with van der Waals surface area (Å²) in [5.41, 5.74) is -0.153. The molecule has 1 N–H and O–H groups in total. The minimum absolute atomic E-state index is 0.148. The highest BCUT2D eigenvalue weighted by atomic mass is 35.5.